The van der Waals surface area contributed by atoms with Gasteiger partial charge in [0.15, 0.2) is 11.5 Å². The van der Waals surface area contributed by atoms with Crippen LogP contribution in [0, 0.1) is 6.92 Å². The zero-order chi connectivity index (χ0) is 16.9. The van der Waals surface area contributed by atoms with Crippen LogP contribution in [-0.4, -0.2) is 29.6 Å². The number of hydrogen-bond donors (Lipinski definition) is 2. The Labute approximate surface area is 130 Å². The molecule has 1 unspecified atom stereocenters. The van der Waals surface area contributed by atoms with Gasteiger partial charge in [-0.25, -0.2) is 0 Å². The van der Waals surface area contributed by atoms with Crippen molar-refractivity contribution in [2.24, 2.45) is 0 Å². The first-order valence-corrected chi connectivity index (χ1v) is 7.14. The fourth-order valence-electron chi connectivity index (χ4n) is 1.92. The van der Waals surface area contributed by atoms with Crippen LogP contribution in [0.5, 0.6) is 11.5 Å². The molecule has 1 aromatic carbocycles. The van der Waals surface area contributed by atoms with Crippen molar-refractivity contribution in [1.82, 2.24) is 5.32 Å². The SMILES string of the molecule is CC(=O)Oc1c(C)ccc(C(O)CNC(C)C)c1OC(C)=O. The first kappa shape index (κ1) is 18.1. The highest BCUT2D eigenvalue weighted by Crippen LogP contribution is 2.38. The summed E-state index contributed by atoms with van der Waals surface area (Å²) in [5.74, 6) is -0.836. The topological polar surface area (TPSA) is 84.9 Å². The molecule has 0 spiro atoms. The van der Waals surface area contributed by atoms with Crippen LogP contribution < -0.4 is 14.8 Å². The van der Waals surface area contributed by atoms with Crippen LogP contribution in [0.1, 0.15) is 44.9 Å². The third-order valence-electron chi connectivity index (χ3n) is 2.91. The van der Waals surface area contributed by atoms with Crippen LogP contribution in [-0.2, 0) is 9.59 Å². The lowest BCUT2D eigenvalue weighted by atomic mass is 10.0. The minimum absolute atomic E-state index is 0.0840. The molecule has 0 aromatic heterocycles. The molecule has 0 aliphatic heterocycles. The smallest absolute Gasteiger partial charge is 0.308 e. The normalized spacial score (nSPS) is 12.1. The number of rotatable bonds is 6. The zero-order valence-electron chi connectivity index (χ0n) is 13.6. The number of carbonyl (C=O) groups excluding carboxylic acids is 2. The van der Waals surface area contributed by atoms with Crippen molar-refractivity contribution in [3.63, 3.8) is 0 Å². The monoisotopic (exact) mass is 309 g/mol. The summed E-state index contributed by atoms with van der Waals surface area (Å²) in [6.45, 7) is 8.45. The Bertz CT molecular complexity index is 554. The van der Waals surface area contributed by atoms with Gasteiger partial charge in [-0.05, 0) is 12.5 Å². The summed E-state index contributed by atoms with van der Waals surface area (Å²) in [4.78, 5) is 22.6. The summed E-state index contributed by atoms with van der Waals surface area (Å²) in [6, 6.07) is 3.57. The lowest BCUT2D eigenvalue weighted by Crippen LogP contribution is -2.28. The van der Waals surface area contributed by atoms with Gasteiger partial charge in [-0.15, -0.1) is 0 Å². The Kier molecular flexibility index (Phi) is 6.52. The van der Waals surface area contributed by atoms with Gasteiger partial charge in [-0.2, -0.15) is 0 Å². The zero-order valence-corrected chi connectivity index (χ0v) is 13.6. The summed E-state index contributed by atoms with van der Waals surface area (Å²) in [6.07, 6.45) is -0.897. The largest absolute Gasteiger partial charge is 0.422 e. The number of benzene rings is 1. The Hall–Kier alpha value is -1.92. The van der Waals surface area contributed by atoms with Gasteiger partial charge in [0.1, 0.15) is 0 Å². The molecule has 1 rings (SSSR count). The second-order valence-electron chi connectivity index (χ2n) is 5.40. The van der Waals surface area contributed by atoms with E-state index in [4.69, 9.17) is 9.47 Å². The Balaban J connectivity index is 3.24. The molecule has 0 aliphatic rings. The molecule has 1 aromatic rings. The lowest BCUT2D eigenvalue weighted by Gasteiger charge is -2.20. The maximum Gasteiger partial charge on any atom is 0.308 e. The van der Waals surface area contributed by atoms with Crippen LogP contribution in [0.3, 0.4) is 0 Å². The molecule has 22 heavy (non-hydrogen) atoms. The highest BCUT2D eigenvalue weighted by Gasteiger charge is 2.22. The number of ether oxygens (including phenoxy) is 2. The summed E-state index contributed by atoms with van der Waals surface area (Å²) < 4.78 is 10.3. The van der Waals surface area contributed by atoms with E-state index in [0.717, 1.165) is 0 Å². The molecule has 0 saturated heterocycles. The minimum atomic E-state index is -0.897. The van der Waals surface area contributed by atoms with E-state index >= 15 is 0 Å². The minimum Gasteiger partial charge on any atom is -0.422 e. The standard InChI is InChI=1S/C16H23NO5/c1-9(2)17-8-14(20)13-7-6-10(3)15(21-11(4)18)16(13)22-12(5)19/h6-7,9,14,17,20H,8H2,1-5H3. The number of hydrogen-bond acceptors (Lipinski definition) is 6. The molecule has 0 amide bonds. The second-order valence-corrected chi connectivity index (χ2v) is 5.40. The molecule has 0 heterocycles. The van der Waals surface area contributed by atoms with Crippen LogP contribution in [0.2, 0.25) is 0 Å². The summed E-state index contributed by atoms with van der Waals surface area (Å²) in [7, 11) is 0. The average molecular weight is 309 g/mol. The number of aryl methyl sites for hydroxylation is 1. The number of nitrogens with one attached hydrogen (secondary N) is 1. The highest BCUT2D eigenvalue weighted by atomic mass is 16.6. The third-order valence-corrected chi connectivity index (χ3v) is 2.91. The molecule has 0 aliphatic carbocycles. The van der Waals surface area contributed by atoms with Gasteiger partial charge in [-0.1, -0.05) is 26.0 Å². The highest BCUT2D eigenvalue weighted by molar-refractivity contribution is 5.75. The molecule has 0 radical (unpaired) electrons. The fraction of sp³-hybridized carbons (Fsp3) is 0.500. The van der Waals surface area contributed by atoms with Crippen LogP contribution in [0.25, 0.3) is 0 Å². The van der Waals surface area contributed by atoms with Crippen molar-refractivity contribution < 1.29 is 24.2 Å². The third kappa shape index (κ3) is 5.13. The van der Waals surface area contributed by atoms with E-state index < -0.39 is 18.0 Å². The summed E-state index contributed by atoms with van der Waals surface area (Å²) >= 11 is 0. The number of aliphatic hydroxyl groups excluding tert-OH is 1. The van der Waals surface area contributed by atoms with Gasteiger partial charge in [0.2, 0.25) is 0 Å². The predicted octanol–water partition coefficient (Wildman–Crippen LogP) is 1.88. The quantitative estimate of drug-likeness (QED) is 0.616. The average Bonchev–Trinajstić information content (AvgIpc) is 2.39. The Morgan fingerprint density at radius 3 is 2.18 bits per heavy atom. The van der Waals surface area contributed by atoms with Gasteiger partial charge in [0.05, 0.1) is 6.10 Å². The number of carbonyl (C=O) groups is 2. The van der Waals surface area contributed by atoms with Crippen LogP contribution in [0.4, 0.5) is 0 Å². The first-order valence-electron chi connectivity index (χ1n) is 7.14. The Morgan fingerprint density at radius 2 is 1.68 bits per heavy atom. The van der Waals surface area contributed by atoms with Crippen molar-refractivity contribution >= 4 is 11.9 Å². The van der Waals surface area contributed by atoms with Crippen LogP contribution >= 0.6 is 0 Å². The predicted molar refractivity (Wildman–Crippen MR) is 81.9 cm³/mol. The molecule has 0 saturated carbocycles. The molecular weight excluding hydrogens is 286 g/mol. The molecule has 6 nitrogen and oxygen atoms in total. The molecular formula is C16H23NO5. The van der Waals surface area contributed by atoms with Crippen molar-refractivity contribution in [3.8, 4) is 11.5 Å². The molecule has 0 fully saturated rings. The molecule has 2 N–H and O–H groups in total. The first-order chi connectivity index (χ1) is 10.2. The van der Waals surface area contributed by atoms with E-state index in [1.807, 2.05) is 13.8 Å². The lowest BCUT2D eigenvalue weighted by molar-refractivity contribution is -0.134. The van der Waals surface area contributed by atoms with Gasteiger partial charge < -0.3 is 19.9 Å². The van der Waals surface area contributed by atoms with E-state index in [1.165, 1.54) is 13.8 Å². The molecule has 6 heteroatoms. The maximum atomic E-state index is 11.3. The summed E-state index contributed by atoms with van der Waals surface area (Å²) in [5, 5.41) is 13.4. The second kappa shape index (κ2) is 7.91. The summed E-state index contributed by atoms with van der Waals surface area (Å²) in [5.41, 5.74) is 1.03. The van der Waals surface area contributed by atoms with Gasteiger partial charge >= 0.3 is 11.9 Å². The van der Waals surface area contributed by atoms with Crippen molar-refractivity contribution in [3.05, 3.63) is 23.3 Å². The molecule has 1 atom stereocenters. The van der Waals surface area contributed by atoms with Crippen molar-refractivity contribution in [1.29, 1.82) is 0 Å². The van der Waals surface area contributed by atoms with E-state index in [-0.39, 0.29) is 24.1 Å². The Morgan fingerprint density at radius 1 is 1.14 bits per heavy atom. The van der Waals surface area contributed by atoms with E-state index in [1.54, 1.807) is 19.1 Å². The number of esters is 2. The van der Waals surface area contributed by atoms with Crippen LogP contribution in [0.15, 0.2) is 12.1 Å². The number of aliphatic hydroxyl groups is 1. The van der Waals surface area contributed by atoms with Gasteiger partial charge in [0.25, 0.3) is 0 Å². The maximum absolute atomic E-state index is 11.3. The van der Waals surface area contributed by atoms with E-state index in [9.17, 15) is 14.7 Å². The molecule has 0 bridgehead atoms. The van der Waals surface area contributed by atoms with E-state index in [2.05, 4.69) is 5.32 Å². The van der Waals surface area contributed by atoms with Gasteiger partial charge in [-0.3, -0.25) is 9.59 Å². The van der Waals surface area contributed by atoms with Crippen molar-refractivity contribution in [2.75, 3.05) is 6.54 Å². The van der Waals surface area contributed by atoms with E-state index in [0.29, 0.717) is 11.1 Å². The fourth-order valence-corrected chi connectivity index (χ4v) is 1.92. The molecule has 122 valence electrons. The van der Waals surface area contributed by atoms with Gasteiger partial charge in [0, 0.05) is 32.0 Å². The van der Waals surface area contributed by atoms with Crippen molar-refractivity contribution in [2.45, 2.75) is 46.8 Å².